The lowest BCUT2D eigenvalue weighted by atomic mass is 10.00. The van der Waals surface area contributed by atoms with Gasteiger partial charge >= 0.3 is 0 Å². The van der Waals surface area contributed by atoms with Gasteiger partial charge in [0.25, 0.3) is 0 Å². The van der Waals surface area contributed by atoms with Crippen LogP contribution in [0.1, 0.15) is 62.3 Å². The van der Waals surface area contributed by atoms with Crippen molar-refractivity contribution < 1.29 is 18.4 Å². The van der Waals surface area contributed by atoms with Gasteiger partial charge in [-0.1, -0.05) is 55.4 Å². The van der Waals surface area contributed by atoms with Crippen LogP contribution in [0, 0.1) is 17.3 Å². The highest BCUT2D eigenvalue weighted by molar-refractivity contribution is 6.74. The van der Waals surface area contributed by atoms with E-state index >= 15 is 0 Å². The van der Waals surface area contributed by atoms with Gasteiger partial charge in [-0.3, -0.25) is 4.79 Å². The first kappa shape index (κ1) is 25.7. The van der Waals surface area contributed by atoms with Crippen molar-refractivity contribution in [3.05, 3.63) is 0 Å². The van der Waals surface area contributed by atoms with Crippen LogP contribution in [0.2, 0.25) is 36.3 Å². The highest BCUT2D eigenvalue weighted by atomic mass is 28.4. The number of hydrogen-bond acceptors (Lipinski definition) is 4. The Bertz CT molecular complexity index is 597. The van der Waals surface area contributed by atoms with E-state index in [1.54, 1.807) is 6.92 Å². The zero-order valence-corrected chi connectivity index (χ0v) is 22.5. The second-order valence-electron chi connectivity index (χ2n) is 12.3. The van der Waals surface area contributed by atoms with E-state index in [1.807, 2.05) is 0 Å². The summed E-state index contributed by atoms with van der Waals surface area (Å²) in [4.78, 5) is 24.5. The molecule has 1 aliphatic rings. The second kappa shape index (κ2) is 7.75. The molecule has 0 aliphatic heterocycles. The lowest BCUT2D eigenvalue weighted by Gasteiger charge is -2.45. The molecule has 0 heterocycles. The van der Waals surface area contributed by atoms with Gasteiger partial charge in [0.15, 0.2) is 22.4 Å². The van der Waals surface area contributed by atoms with Crippen molar-refractivity contribution in [2.45, 2.75) is 111 Å². The molecule has 4 atom stereocenters. The number of Topliss-reactive ketones (excluding diaryl/α,β-unsaturated/α-hetero) is 1. The van der Waals surface area contributed by atoms with E-state index in [-0.39, 0.29) is 39.2 Å². The molecule has 1 saturated carbocycles. The monoisotopic (exact) mass is 428 g/mol. The Kier molecular flexibility index (Phi) is 7.12. The molecule has 0 radical (unpaired) electrons. The van der Waals surface area contributed by atoms with E-state index in [0.717, 1.165) is 6.29 Å². The maximum absolute atomic E-state index is 12.8. The van der Waals surface area contributed by atoms with Gasteiger partial charge in [-0.05, 0) is 48.6 Å². The maximum atomic E-state index is 12.8. The van der Waals surface area contributed by atoms with E-state index < -0.39 is 22.7 Å². The molecule has 0 aromatic heterocycles. The number of aldehydes is 1. The number of rotatable bonds is 8. The van der Waals surface area contributed by atoms with Crippen LogP contribution in [0.3, 0.4) is 0 Å². The summed E-state index contributed by atoms with van der Waals surface area (Å²) in [7, 11) is -4.34. The van der Waals surface area contributed by atoms with Crippen LogP contribution >= 0.6 is 0 Å². The fourth-order valence-electron chi connectivity index (χ4n) is 3.32. The molecular weight excluding hydrogens is 384 g/mol. The third kappa shape index (κ3) is 5.05. The smallest absolute Gasteiger partial charge is 0.193 e. The minimum absolute atomic E-state index is 0.000818. The molecule has 28 heavy (non-hydrogen) atoms. The van der Waals surface area contributed by atoms with E-state index in [4.69, 9.17) is 8.85 Å². The Morgan fingerprint density at radius 3 is 1.61 bits per heavy atom. The largest absolute Gasteiger partial charge is 0.411 e. The summed E-state index contributed by atoms with van der Waals surface area (Å²) < 4.78 is 13.5. The first-order valence-electron chi connectivity index (χ1n) is 10.5. The lowest BCUT2D eigenvalue weighted by molar-refractivity contribution is -0.130. The topological polar surface area (TPSA) is 52.6 Å². The van der Waals surface area contributed by atoms with Crippen LogP contribution in [0.25, 0.3) is 0 Å². The second-order valence-corrected chi connectivity index (χ2v) is 21.8. The Hall–Kier alpha value is -0.306. The molecule has 0 aromatic carbocycles. The summed E-state index contributed by atoms with van der Waals surface area (Å²) in [6, 6.07) is 0. The summed E-state index contributed by atoms with van der Waals surface area (Å²) in [5.41, 5.74) is -0.167. The normalized spacial score (nSPS) is 25.2. The lowest BCUT2D eigenvalue weighted by Crippen LogP contribution is -2.55. The summed E-state index contributed by atoms with van der Waals surface area (Å²) in [5, 5.41) is 0.00459. The molecule has 1 rings (SSSR count). The third-order valence-corrected chi connectivity index (χ3v) is 16.6. The van der Waals surface area contributed by atoms with Gasteiger partial charge in [0, 0.05) is 11.8 Å². The zero-order chi connectivity index (χ0) is 22.5. The van der Waals surface area contributed by atoms with Crippen LogP contribution in [0.4, 0.5) is 0 Å². The highest BCUT2D eigenvalue weighted by Gasteiger charge is 2.65. The van der Waals surface area contributed by atoms with Crippen LogP contribution in [-0.2, 0) is 18.4 Å². The van der Waals surface area contributed by atoms with Crippen molar-refractivity contribution >= 4 is 28.7 Å². The number of carbonyl (C=O) groups excluding carboxylic acids is 2. The molecule has 0 bridgehead atoms. The van der Waals surface area contributed by atoms with Gasteiger partial charge in [0.05, 0.1) is 6.10 Å². The SMILES string of the molecule is CC(=O)[C@@H](O[Si](C)(C)C(C)(C)C)C(O[Si](C)(C)C(C)(C)C)[C@H]1[C@@H](C=O)C1(C)C. The number of carbonyl (C=O) groups is 2. The Morgan fingerprint density at radius 1 is 0.929 bits per heavy atom. The average molecular weight is 429 g/mol. The van der Waals surface area contributed by atoms with Crippen molar-refractivity contribution in [3.63, 3.8) is 0 Å². The molecule has 4 nitrogen and oxygen atoms in total. The molecule has 0 spiro atoms. The predicted octanol–water partition coefficient (Wildman–Crippen LogP) is 5.83. The third-order valence-electron chi connectivity index (χ3n) is 7.66. The van der Waals surface area contributed by atoms with E-state index in [9.17, 15) is 9.59 Å². The first-order chi connectivity index (χ1) is 12.2. The predicted molar refractivity (Wildman–Crippen MR) is 122 cm³/mol. The van der Waals surface area contributed by atoms with Crippen molar-refractivity contribution in [3.8, 4) is 0 Å². The van der Waals surface area contributed by atoms with Gasteiger partial charge in [-0.25, -0.2) is 0 Å². The molecular formula is C22H44O4Si2. The van der Waals surface area contributed by atoms with Crippen LogP contribution in [-0.4, -0.2) is 40.9 Å². The van der Waals surface area contributed by atoms with Gasteiger partial charge in [0.2, 0.25) is 0 Å². The van der Waals surface area contributed by atoms with Crippen molar-refractivity contribution in [2.24, 2.45) is 17.3 Å². The minimum Gasteiger partial charge on any atom is -0.411 e. The highest BCUT2D eigenvalue weighted by Crippen LogP contribution is 2.61. The molecule has 0 saturated heterocycles. The molecule has 1 unspecified atom stereocenters. The van der Waals surface area contributed by atoms with Crippen LogP contribution in [0.5, 0.6) is 0 Å². The van der Waals surface area contributed by atoms with Gasteiger partial charge in [-0.15, -0.1) is 0 Å². The zero-order valence-electron chi connectivity index (χ0n) is 20.5. The standard InChI is InChI=1S/C22H44O4Si2/c1-15(24)18(25-27(10,11)20(2,3)4)19(17-16(14-23)22(17,8)9)26-28(12,13)21(5,6)7/h14,16-19H,1-13H3/t16-,17-,18-,19?/m1/s1. The quantitative estimate of drug-likeness (QED) is 0.360. The van der Waals surface area contributed by atoms with Gasteiger partial charge in [-0.2, -0.15) is 0 Å². The Balaban J connectivity index is 3.39. The van der Waals surface area contributed by atoms with E-state index in [0.29, 0.717) is 0 Å². The first-order valence-corrected chi connectivity index (χ1v) is 16.3. The van der Waals surface area contributed by atoms with Gasteiger partial charge in [0.1, 0.15) is 12.4 Å². The van der Waals surface area contributed by atoms with Crippen molar-refractivity contribution in [1.82, 2.24) is 0 Å². The summed E-state index contributed by atoms with van der Waals surface area (Å²) >= 11 is 0. The molecule has 164 valence electrons. The molecule has 6 heteroatoms. The molecule has 0 N–H and O–H groups in total. The minimum atomic E-state index is -2.19. The molecule has 0 amide bonds. The fraction of sp³-hybridized carbons (Fsp3) is 0.909. The molecule has 1 fully saturated rings. The number of hydrogen-bond donors (Lipinski definition) is 0. The van der Waals surface area contributed by atoms with Crippen molar-refractivity contribution in [2.75, 3.05) is 0 Å². The molecule has 0 aromatic rings. The number of ketones is 1. The summed E-state index contributed by atoms with van der Waals surface area (Å²) in [6.07, 6.45) is 0.0397. The van der Waals surface area contributed by atoms with Gasteiger partial charge < -0.3 is 13.6 Å². The van der Waals surface area contributed by atoms with E-state index in [2.05, 4.69) is 81.6 Å². The summed E-state index contributed by atoms with van der Waals surface area (Å²) in [6.45, 7) is 27.7. The maximum Gasteiger partial charge on any atom is 0.193 e. The fourth-order valence-corrected chi connectivity index (χ4v) is 5.91. The average Bonchev–Trinajstić information content (AvgIpc) is 3.01. The van der Waals surface area contributed by atoms with Crippen LogP contribution < -0.4 is 0 Å². The van der Waals surface area contributed by atoms with E-state index in [1.165, 1.54) is 0 Å². The Morgan fingerprint density at radius 2 is 1.32 bits per heavy atom. The summed E-state index contributed by atoms with van der Waals surface area (Å²) in [5.74, 6) is -0.0780. The molecule has 1 aliphatic carbocycles. The van der Waals surface area contributed by atoms with Crippen molar-refractivity contribution in [1.29, 1.82) is 0 Å². The Labute approximate surface area is 175 Å². The van der Waals surface area contributed by atoms with Crippen LogP contribution in [0.15, 0.2) is 0 Å².